The second-order valence-corrected chi connectivity index (χ2v) is 6.38. The molecule has 0 N–H and O–H groups in total. The molecule has 0 heterocycles. The van der Waals surface area contributed by atoms with E-state index in [-0.39, 0.29) is 11.4 Å². The monoisotopic (exact) mass is 276 g/mol. The summed E-state index contributed by atoms with van der Waals surface area (Å²) >= 11 is 0. The van der Waals surface area contributed by atoms with E-state index < -0.39 is 0 Å². The number of ether oxygens (including phenoxy) is 1. The molecule has 20 heavy (non-hydrogen) atoms. The summed E-state index contributed by atoms with van der Waals surface area (Å²) in [5, 5.41) is 0. The minimum atomic E-state index is -0.0599. The zero-order chi connectivity index (χ0) is 15.0. The zero-order valence-electron chi connectivity index (χ0n) is 13.4. The number of hydrogen-bond acceptors (Lipinski definition) is 2. The van der Waals surface area contributed by atoms with Gasteiger partial charge in [-0.1, -0.05) is 58.4 Å². The first-order chi connectivity index (χ1) is 9.43. The molecule has 1 aromatic rings. The fourth-order valence-electron chi connectivity index (χ4n) is 2.05. The van der Waals surface area contributed by atoms with Gasteiger partial charge in [0.1, 0.15) is 0 Å². The molecule has 0 saturated carbocycles. The summed E-state index contributed by atoms with van der Waals surface area (Å²) in [7, 11) is 0. The standard InChI is InChI=1S/C18H28O2/c1-5-6-12-17(19)20-13-8-10-15-9-7-11-16(14-15)18(2,3)4/h7,9,11,14H,5-6,8,10,12-13H2,1-4H3. The van der Waals surface area contributed by atoms with Crippen molar-refractivity contribution in [3.05, 3.63) is 35.4 Å². The van der Waals surface area contributed by atoms with Crippen molar-refractivity contribution in [1.29, 1.82) is 0 Å². The van der Waals surface area contributed by atoms with Crippen LogP contribution in [0.15, 0.2) is 24.3 Å². The maximum atomic E-state index is 11.4. The van der Waals surface area contributed by atoms with Gasteiger partial charge < -0.3 is 4.74 Å². The highest BCUT2D eigenvalue weighted by molar-refractivity contribution is 5.69. The van der Waals surface area contributed by atoms with Crippen LogP contribution in [-0.4, -0.2) is 12.6 Å². The van der Waals surface area contributed by atoms with Crippen LogP contribution >= 0.6 is 0 Å². The molecule has 0 atom stereocenters. The molecule has 0 aliphatic rings. The summed E-state index contributed by atoms with van der Waals surface area (Å²) in [6.45, 7) is 9.28. The van der Waals surface area contributed by atoms with Crippen LogP contribution in [0, 0.1) is 0 Å². The number of unbranched alkanes of at least 4 members (excludes halogenated alkanes) is 1. The first-order valence-corrected chi connectivity index (χ1v) is 7.68. The number of aryl methyl sites for hydroxylation is 1. The highest BCUT2D eigenvalue weighted by atomic mass is 16.5. The Labute approximate surface area is 123 Å². The maximum absolute atomic E-state index is 11.4. The molecule has 0 fully saturated rings. The Balaban J connectivity index is 2.34. The first kappa shape index (κ1) is 16.7. The molecule has 0 aliphatic carbocycles. The second-order valence-electron chi connectivity index (χ2n) is 6.38. The molecule has 0 spiro atoms. The summed E-state index contributed by atoms with van der Waals surface area (Å²) in [4.78, 5) is 11.4. The highest BCUT2D eigenvalue weighted by Gasteiger charge is 2.13. The minimum absolute atomic E-state index is 0.0599. The number of hydrogen-bond donors (Lipinski definition) is 0. The topological polar surface area (TPSA) is 26.3 Å². The van der Waals surface area contributed by atoms with Gasteiger partial charge in [-0.15, -0.1) is 0 Å². The van der Waals surface area contributed by atoms with Gasteiger partial charge in [-0.2, -0.15) is 0 Å². The lowest BCUT2D eigenvalue weighted by molar-refractivity contribution is -0.143. The predicted octanol–water partition coefficient (Wildman–Crippen LogP) is 4.65. The lowest BCUT2D eigenvalue weighted by Crippen LogP contribution is -2.11. The van der Waals surface area contributed by atoms with Crippen molar-refractivity contribution in [1.82, 2.24) is 0 Å². The van der Waals surface area contributed by atoms with Crippen molar-refractivity contribution in [2.45, 2.75) is 65.2 Å². The molecule has 1 rings (SSSR count). The molecule has 0 saturated heterocycles. The van der Waals surface area contributed by atoms with E-state index in [4.69, 9.17) is 4.74 Å². The van der Waals surface area contributed by atoms with Crippen LogP contribution in [0.4, 0.5) is 0 Å². The van der Waals surface area contributed by atoms with Crippen molar-refractivity contribution in [2.24, 2.45) is 0 Å². The largest absolute Gasteiger partial charge is 0.466 e. The van der Waals surface area contributed by atoms with Crippen LogP contribution < -0.4 is 0 Å². The second kappa shape index (κ2) is 8.08. The van der Waals surface area contributed by atoms with E-state index in [2.05, 4.69) is 52.0 Å². The van der Waals surface area contributed by atoms with Crippen LogP contribution in [0.1, 0.15) is 64.5 Å². The third kappa shape index (κ3) is 6.23. The predicted molar refractivity (Wildman–Crippen MR) is 83.9 cm³/mol. The van der Waals surface area contributed by atoms with E-state index in [9.17, 15) is 4.79 Å². The number of benzene rings is 1. The first-order valence-electron chi connectivity index (χ1n) is 7.68. The SMILES string of the molecule is CCCCC(=O)OCCCc1cccc(C(C)(C)C)c1. The van der Waals surface area contributed by atoms with Crippen molar-refractivity contribution in [3.63, 3.8) is 0 Å². The number of esters is 1. The van der Waals surface area contributed by atoms with Crippen LogP contribution in [-0.2, 0) is 21.4 Å². The van der Waals surface area contributed by atoms with Gasteiger partial charge in [-0.25, -0.2) is 0 Å². The van der Waals surface area contributed by atoms with E-state index >= 15 is 0 Å². The fourth-order valence-corrected chi connectivity index (χ4v) is 2.05. The quantitative estimate of drug-likeness (QED) is 0.535. The highest BCUT2D eigenvalue weighted by Crippen LogP contribution is 2.23. The lowest BCUT2D eigenvalue weighted by atomic mass is 9.86. The Kier molecular flexibility index (Phi) is 6.77. The van der Waals surface area contributed by atoms with E-state index in [1.165, 1.54) is 11.1 Å². The summed E-state index contributed by atoms with van der Waals surface area (Å²) < 4.78 is 5.22. The van der Waals surface area contributed by atoms with Crippen LogP contribution in [0.3, 0.4) is 0 Å². The molecule has 2 nitrogen and oxygen atoms in total. The van der Waals surface area contributed by atoms with E-state index in [0.717, 1.165) is 25.7 Å². The van der Waals surface area contributed by atoms with E-state index in [1.807, 2.05) is 0 Å². The minimum Gasteiger partial charge on any atom is -0.466 e. The Morgan fingerprint density at radius 1 is 1.20 bits per heavy atom. The molecule has 0 unspecified atom stereocenters. The summed E-state index contributed by atoms with van der Waals surface area (Å²) in [6.07, 6.45) is 4.37. The third-order valence-corrected chi connectivity index (χ3v) is 3.40. The number of carbonyl (C=O) groups is 1. The van der Waals surface area contributed by atoms with Gasteiger partial charge in [-0.05, 0) is 35.8 Å². The molecule has 0 aromatic heterocycles. The van der Waals surface area contributed by atoms with Crippen LogP contribution in [0.25, 0.3) is 0 Å². The van der Waals surface area contributed by atoms with Crippen molar-refractivity contribution < 1.29 is 9.53 Å². The average Bonchev–Trinajstić information content (AvgIpc) is 2.41. The molecular formula is C18H28O2. The molecular weight excluding hydrogens is 248 g/mol. The molecule has 0 aliphatic heterocycles. The van der Waals surface area contributed by atoms with Crippen LogP contribution in [0.2, 0.25) is 0 Å². The zero-order valence-corrected chi connectivity index (χ0v) is 13.4. The van der Waals surface area contributed by atoms with Crippen molar-refractivity contribution in [2.75, 3.05) is 6.61 Å². The maximum Gasteiger partial charge on any atom is 0.305 e. The van der Waals surface area contributed by atoms with Gasteiger partial charge >= 0.3 is 5.97 Å². The fraction of sp³-hybridized carbons (Fsp3) is 0.611. The Bertz CT molecular complexity index is 416. The molecule has 1 aromatic carbocycles. The summed E-state index contributed by atoms with van der Waals surface area (Å²) in [5.74, 6) is -0.0599. The molecule has 112 valence electrons. The average molecular weight is 276 g/mol. The van der Waals surface area contributed by atoms with Crippen molar-refractivity contribution in [3.8, 4) is 0 Å². The van der Waals surface area contributed by atoms with Gasteiger partial charge in [0.2, 0.25) is 0 Å². The molecule has 2 heteroatoms. The number of carbonyl (C=O) groups excluding carboxylic acids is 1. The van der Waals surface area contributed by atoms with E-state index in [1.54, 1.807) is 0 Å². The Morgan fingerprint density at radius 3 is 2.60 bits per heavy atom. The molecule has 0 radical (unpaired) electrons. The summed E-state index contributed by atoms with van der Waals surface area (Å²) in [6, 6.07) is 8.70. The van der Waals surface area contributed by atoms with E-state index in [0.29, 0.717) is 13.0 Å². The summed E-state index contributed by atoms with van der Waals surface area (Å²) in [5.41, 5.74) is 2.86. The van der Waals surface area contributed by atoms with Crippen LogP contribution in [0.5, 0.6) is 0 Å². The van der Waals surface area contributed by atoms with Gasteiger partial charge in [0.15, 0.2) is 0 Å². The van der Waals surface area contributed by atoms with Gasteiger partial charge in [0, 0.05) is 6.42 Å². The third-order valence-electron chi connectivity index (χ3n) is 3.40. The normalized spacial score (nSPS) is 11.4. The van der Waals surface area contributed by atoms with Gasteiger partial charge in [0.05, 0.1) is 6.61 Å². The van der Waals surface area contributed by atoms with Crippen molar-refractivity contribution >= 4 is 5.97 Å². The smallest absolute Gasteiger partial charge is 0.305 e. The molecule has 0 bridgehead atoms. The Morgan fingerprint density at radius 2 is 1.95 bits per heavy atom. The number of rotatable bonds is 7. The van der Waals surface area contributed by atoms with Gasteiger partial charge in [0.25, 0.3) is 0 Å². The van der Waals surface area contributed by atoms with Gasteiger partial charge in [-0.3, -0.25) is 4.79 Å². The molecule has 0 amide bonds. The lowest BCUT2D eigenvalue weighted by Gasteiger charge is -2.19. The Hall–Kier alpha value is -1.31.